The molecule has 1 aromatic carbocycles. The summed E-state index contributed by atoms with van der Waals surface area (Å²) in [6, 6.07) is 4.08. The number of aromatic nitrogens is 2. The highest BCUT2D eigenvalue weighted by atomic mass is 19.2. The molecule has 0 bridgehead atoms. The summed E-state index contributed by atoms with van der Waals surface area (Å²) in [5.41, 5.74) is 0.0454. The van der Waals surface area contributed by atoms with Crippen LogP contribution < -0.4 is 0 Å². The van der Waals surface area contributed by atoms with E-state index in [1.807, 2.05) is 6.07 Å². The molecule has 0 aliphatic rings. The lowest BCUT2D eigenvalue weighted by Gasteiger charge is -2.13. The standard InChI is InChI=1S/C13H9F2N3O/c1-8(18-5-4-17-12(18)7-16)13(19)9-2-3-10(14)11(15)6-9/h2-6,8H,1H3. The van der Waals surface area contributed by atoms with Gasteiger partial charge in [-0.25, -0.2) is 13.8 Å². The molecule has 0 radical (unpaired) electrons. The molecule has 2 aromatic rings. The zero-order chi connectivity index (χ0) is 14.0. The summed E-state index contributed by atoms with van der Waals surface area (Å²) in [6.07, 6.45) is 2.88. The first-order valence-electron chi connectivity index (χ1n) is 5.46. The summed E-state index contributed by atoms with van der Waals surface area (Å²) in [6.45, 7) is 1.56. The number of benzene rings is 1. The topological polar surface area (TPSA) is 58.7 Å². The van der Waals surface area contributed by atoms with Gasteiger partial charge in [-0.2, -0.15) is 5.26 Å². The second-order valence-corrected chi connectivity index (χ2v) is 3.94. The monoisotopic (exact) mass is 261 g/mol. The van der Waals surface area contributed by atoms with Gasteiger partial charge >= 0.3 is 0 Å². The van der Waals surface area contributed by atoms with Gasteiger partial charge in [0.2, 0.25) is 5.82 Å². The molecule has 6 heteroatoms. The van der Waals surface area contributed by atoms with Crippen LogP contribution in [0.4, 0.5) is 8.78 Å². The zero-order valence-electron chi connectivity index (χ0n) is 9.97. The first-order chi connectivity index (χ1) is 9.04. The van der Waals surface area contributed by atoms with E-state index in [2.05, 4.69) is 4.98 Å². The maximum atomic E-state index is 13.1. The number of rotatable bonds is 3. The predicted octanol–water partition coefficient (Wildman–Crippen LogP) is 2.48. The van der Waals surface area contributed by atoms with Crippen molar-refractivity contribution in [3.8, 4) is 6.07 Å². The van der Waals surface area contributed by atoms with Crippen LogP contribution in [-0.2, 0) is 0 Å². The highest BCUT2D eigenvalue weighted by Gasteiger charge is 2.20. The third-order valence-electron chi connectivity index (χ3n) is 2.77. The van der Waals surface area contributed by atoms with Crippen LogP contribution in [0, 0.1) is 23.0 Å². The second kappa shape index (κ2) is 4.98. The van der Waals surface area contributed by atoms with Crippen molar-refractivity contribution in [2.24, 2.45) is 0 Å². The number of ketones is 1. The highest BCUT2D eigenvalue weighted by molar-refractivity contribution is 5.98. The summed E-state index contributed by atoms with van der Waals surface area (Å²) < 4.78 is 27.3. The van der Waals surface area contributed by atoms with Gasteiger partial charge in [0.25, 0.3) is 0 Å². The highest BCUT2D eigenvalue weighted by Crippen LogP contribution is 2.17. The Balaban J connectivity index is 2.34. The summed E-state index contributed by atoms with van der Waals surface area (Å²) in [5.74, 6) is -2.43. The third-order valence-corrected chi connectivity index (χ3v) is 2.77. The van der Waals surface area contributed by atoms with Gasteiger partial charge in [-0.15, -0.1) is 0 Å². The van der Waals surface area contributed by atoms with E-state index in [1.54, 1.807) is 6.92 Å². The van der Waals surface area contributed by atoms with E-state index in [0.29, 0.717) is 0 Å². The molecule has 0 saturated carbocycles. The Morgan fingerprint density at radius 1 is 1.42 bits per heavy atom. The van der Waals surface area contributed by atoms with Gasteiger partial charge in [0.15, 0.2) is 17.4 Å². The number of hydrogen-bond donors (Lipinski definition) is 0. The molecular weight excluding hydrogens is 252 g/mol. The maximum Gasteiger partial charge on any atom is 0.213 e. The van der Waals surface area contributed by atoms with Gasteiger partial charge in [0.1, 0.15) is 6.07 Å². The minimum atomic E-state index is -1.08. The number of carbonyl (C=O) groups excluding carboxylic acids is 1. The van der Waals surface area contributed by atoms with Gasteiger partial charge in [-0.1, -0.05) is 0 Å². The van der Waals surface area contributed by atoms with Crippen LogP contribution in [0.15, 0.2) is 30.6 Å². The number of Topliss-reactive ketones (excluding diaryl/α,β-unsaturated/α-hetero) is 1. The lowest BCUT2D eigenvalue weighted by atomic mass is 10.0. The second-order valence-electron chi connectivity index (χ2n) is 3.94. The molecule has 2 rings (SSSR count). The number of nitrogens with zero attached hydrogens (tertiary/aromatic N) is 3. The van der Waals surface area contributed by atoms with Crippen molar-refractivity contribution in [2.45, 2.75) is 13.0 Å². The predicted molar refractivity (Wildman–Crippen MR) is 62.3 cm³/mol. The SMILES string of the molecule is CC(C(=O)c1ccc(F)c(F)c1)n1ccnc1C#N. The van der Waals surface area contributed by atoms with Crippen LogP contribution in [0.3, 0.4) is 0 Å². The molecule has 4 nitrogen and oxygen atoms in total. The Kier molecular flexibility index (Phi) is 3.38. The largest absolute Gasteiger partial charge is 0.312 e. The van der Waals surface area contributed by atoms with Gasteiger partial charge in [-0.3, -0.25) is 4.79 Å². The molecule has 0 fully saturated rings. The number of hydrogen-bond acceptors (Lipinski definition) is 3. The summed E-state index contributed by atoms with van der Waals surface area (Å²) in [7, 11) is 0. The van der Waals surface area contributed by atoms with Crippen LogP contribution in [-0.4, -0.2) is 15.3 Å². The van der Waals surface area contributed by atoms with E-state index < -0.39 is 23.5 Å². The Bertz CT molecular complexity index is 673. The van der Waals surface area contributed by atoms with E-state index in [4.69, 9.17) is 5.26 Å². The maximum absolute atomic E-state index is 13.1. The van der Waals surface area contributed by atoms with Gasteiger partial charge in [0.05, 0.1) is 6.04 Å². The number of carbonyl (C=O) groups is 1. The zero-order valence-corrected chi connectivity index (χ0v) is 9.97. The van der Waals surface area contributed by atoms with Crippen LogP contribution in [0.25, 0.3) is 0 Å². The van der Waals surface area contributed by atoms with E-state index >= 15 is 0 Å². The smallest absolute Gasteiger partial charge is 0.213 e. The van der Waals surface area contributed by atoms with Gasteiger partial charge in [-0.05, 0) is 25.1 Å². The summed E-state index contributed by atoms with van der Waals surface area (Å²) >= 11 is 0. The molecule has 19 heavy (non-hydrogen) atoms. The fourth-order valence-corrected chi connectivity index (χ4v) is 1.73. The van der Waals surface area contributed by atoms with Crippen molar-refractivity contribution in [3.63, 3.8) is 0 Å². The quantitative estimate of drug-likeness (QED) is 0.797. The average molecular weight is 261 g/mol. The molecule has 0 aliphatic carbocycles. The Hall–Kier alpha value is -2.55. The molecule has 0 aliphatic heterocycles. The van der Waals surface area contributed by atoms with Crippen LogP contribution in [0.5, 0.6) is 0 Å². The minimum absolute atomic E-state index is 0.0454. The van der Waals surface area contributed by atoms with E-state index in [1.165, 1.54) is 23.0 Å². The number of nitriles is 1. The van der Waals surface area contributed by atoms with Crippen molar-refractivity contribution in [3.05, 3.63) is 53.6 Å². The molecule has 1 heterocycles. The van der Waals surface area contributed by atoms with Crippen LogP contribution in [0.2, 0.25) is 0 Å². The van der Waals surface area contributed by atoms with Crippen molar-refractivity contribution in [2.75, 3.05) is 0 Å². The lowest BCUT2D eigenvalue weighted by molar-refractivity contribution is 0.0934. The van der Waals surface area contributed by atoms with Crippen molar-refractivity contribution in [1.82, 2.24) is 9.55 Å². The van der Waals surface area contributed by atoms with E-state index in [0.717, 1.165) is 12.1 Å². The van der Waals surface area contributed by atoms with Crippen molar-refractivity contribution >= 4 is 5.78 Å². The first kappa shape index (κ1) is 12.9. The molecule has 0 N–H and O–H groups in total. The average Bonchev–Trinajstić information content (AvgIpc) is 2.88. The van der Waals surface area contributed by atoms with Gasteiger partial charge in [0, 0.05) is 18.0 Å². The van der Waals surface area contributed by atoms with Crippen molar-refractivity contribution < 1.29 is 13.6 Å². The summed E-state index contributed by atoms with van der Waals surface area (Å²) in [5, 5.41) is 8.83. The normalized spacial score (nSPS) is 11.9. The third kappa shape index (κ3) is 2.36. The van der Waals surface area contributed by atoms with Crippen LogP contribution >= 0.6 is 0 Å². The minimum Gasteiger partial charge on any atom is -0.312 e. The van der Waals surface area contributed by atoms with E-state index in [9.17, 15) is 13.6 Å². The molecule has 1 unspecified atom stereocenters. The molecule has 0 saturated heterocycles. The number of halogens is 2. The molecular formula is C13H9F2N3O. The Morgan fingerprint density at radius 2 is 2.16 bits per heavy atom. The fourth-order valence-electron chi connectivity index (χ4n) is 1.73. The number of imidazole rings is 1. The Labute approximate surface area is 107 Å². The van der Waals surface area contributed by atoms with E-state index in [-0.39, 0.29) is 11.4 Å². The lowest BCUT2D eigenvalue weighted by Crippen LogP contribution is -2.17. The van der Waals surface area contributed by atoms with Crippen molar-refractivity contribution in [1.29, 1.82) is 5.26 Å². The Morgan fingerprint density at radius 3 is 2.79 bits per heavy atom. The van der Waals surface area contributed by atoms with Gasteiger partial charge < -0.3 is 4.57 Å². The molecule has 1 aromatic heterocycles. The molecule has 96 valence electrons. The summed E-state index contributed by atoms with van der Waals surface area (Å²) in [4.78, 5) is 15.9. The molecule has 0 spiro atoms. The molecule has 0 amide bonds. The van der Waals surface area contributed by atoms with Crippen LogP contribution in [0.1, 0.15) is 29.1 Å². The molecule has 1 atom stereocenters. The first-order valence-corrected chi connectivity index (χ1v) is 5.46. The fraction of sp³-hybridized carbons (Fsp3) is 0.154.